The lowest BCUT2D eigenvalue weighted by atomic mass is 9.99. The normalized spacial score (nSPS) is 15.1. The van der Waals surface area contributed by atoms with Crippen LogP contribution in [0.4, 0.5) is 11.4 Å². The lowest BCUT2D eigenvalue weighted by Crippen LogP contribution is -2.37. The van der Waals surface area contributed by atoms with Gasteiger partial charge >= 0.3 is 0 Å². The van der Waals surface area contributed by atoms with E-state index in [4.69, 9.17) is 9.47 Å². The second-order valence-electron chi connectivity index (χ2n) is 7.26. The Morgan fingerprint density at radius 2 is 1.93 bits per heavy atom. The fourth-order valence-electron chi connectivity index (χ4n) is 3.44. The number of fused-ring (bicyclic) bond motifs is 2. The molecule has 4 rings (SSSR count). The number of nitrogens with zero attached hydrogens (tertiary/aromatic N) is 1. The number of nitrogens with one attached hydrogen (secondary N) is 1. The molecule has 0 saturated carbocycles. The van der Waals surface area contributed by atoms with Crippen molar-refractivity contribution in [2.75, 3.05) is 23.6 Å². The van der Waals surface area contributed by atoms with Crippen LogP contribution in [-0.4, -0.2) is 25.2 Å². The van der Waals surface area contributed by atoms with E-state index in [-0.39, 0.29) is 18.6 Å². The number of rotatable bonds is 4. The van der Waals surface area contributed by atoms with E-state index in [1.807, 2.05) is 23.1 Å². The third-order valence-electron chi connectivity index (χ3n) is 4.72. The van der Waals surface area contributed by atoms with Crippen LogP contribution in [0.15, 0.2) is 36.4 Å². The molecule has 0 aromatic heterocycles. The molecule has 0 unspecified atom stereocenters. The molecule has 2 heterocycles. The predicted octanol–water partition coefficient (Wildman–Crippen LogP) is 3.60. The summed E-state index contributed by atoms with van der Waals surface area (Å²) in [7, 11) is 0. The molecule has 0 radical (unpaired) electrons. The molecule has 140 valence electrons. The van der Waals surface area contributed by atoms with Crippen LogP contribution in [0, 0.1) is 5.92 Å². The number of carbonyl (C=O) groups excluding carboxylic acids is 2. The summed E-state index contributed by atoms with van der Waals surface area (Å²) in [5.41, 5.74) is 3.25. The van der Waals surface area contributed by atoms with Crippen molar-refractivity contribution in [2.45, 2.75) is 26.7 Å². The molecule has 0 saturated heterocycles. The number of hydrogen-bond acceptors (Lipinski definition) is 4. The first-order chi connectivity index (χ1) is 13.0. The molecule has 27 heavy (non-hydrogen) atoms. The molecular weight excluding hydrogens is 344 g/mol. The maximum Gasteiger partial charge on any atom is 0.255 e. The van der Waals surface area contributed by atoms with E-state index in [9.17, 15) is 9.59 Å². The molecule has 2 aromatic carbocycles. The maximum absolute atomic E-state index is 12.6. The van der Waals surface area contributed by atoms with E-state index in [1.54, 1.807) is 18.2 Å². The highest BCUT2D eigenvalue weighted by atomic mass is 16.7. The Kier molecular flexibility index (Phi) is 4.48. The van der Waals surface area contributed by atoms with Crippen molar-refractivity contribution in [3.05, 3.63) is 47.5 Å². The van der Waals surface area contributed by atoms with Crippen molar-refractivity contribution in [2.24, 2.45) is 5.92 Å². The summed E-state index contributed by atoms with van der Waals surface area (Å²) in [6.45, 7) is 5.08. The predicted molar refractivity (Wildman–Crippen MR) is 102 cm³/mol. The summed E-state index contributed by atoms with van der Waals surface area (Å²) < 4.78 is 10.6. The Bertz CT molecular complexity index is 907. The summed E-state index contributed by atoms with van der Waals surface area (Å²) in [6.07, 6.45) is 1.19. The Balaban J connectivity index is 1.54. The average Bonchev–Trinajstić information content (AvgIpc) is 3.11. The van der Waals surface area contributed by atoms with Gasteiger partial charge in [0.15, 0.2) is 11.5 Å². The number of anilines is 2. The smallest absolute Gasteiger partial charge is 0.255 e. The van der Waals surface area contributed by atoms with Crippen molar-refractivity contribution >= 4 is 23.2 Å². The number of hydrogen-bond donors (Lipinski definition) is 1. The standard InChI is InChI=1S/C21H22N2O4/c1-13(2)11-23-17-6-5-16(9-14(17)4-8-20(23)24)22-21(25)15-3-7-18-19(10-15)27-12-26-18/h3,5-7,9-10,13H,4,8,11-12H2,1-2H3,(H,22,25). The lowest BCUT2D eigenvalue weighted by molar-refractivity contribution is -0.119. The number of ether oxygens (including phenoxy) is 2. The monoisotopic (exact) mass is 366 g/mol. The second kappa shape index (κ2) is 6.95. The molecule has 0 aliphatic carbocycles. The Labute approximate surface area is 158 Å². The van der Waals surface area contributed by atoms with Crippen LogP contribution in [-0.2, 0) is 11.2 Å². The van der Waals surface area contributed by atoms with Crippen LogP contribution in [0.2, 0.25) is 0 Å². The van der Waals surface area contributed by atoms with Crippen molar-refractivity contribution in [1.29, 1.82) is 0 Å². The number of amides is 2. The van der Waals surface area contributed by atoms with E-state index in [0.29, 0.717) is 42.4 Å². The molecule has 6 heteroatoms. The van der Waals surface area contributed by atoms with E-state index in [2.05, 4.69) is 19.2 Å². The Hall–Kier alpha value is -3.02. The minimum absolute atomic E-state index is 0.161. The quantitative estimate of drug-likeness (QED) is 0.898. The van der Waals surface area contributed by atoms with Gasteiger partial charge < -0.3 is 19.7 Å². The first-order valence-electron chi connectivity index (χ1n) is 9.15. The lowest BCUT2D eigenvalue weighted by Gasteiger charge is -2.31. The van der Waals surface area contributed by atoms with Gasteiger partial charge in [-0.3, -0.25) is 9.59 Å². The summed E-state index contributed by atoms with van der Waals surface area (Å²) >= 11 is 0. The van der Waals surface area contributed by atoms with Crippen LogP contribution in [0.1, 0.15) is 36.2 Å². The maximum atomic E-state index is 12.6. The van der Waals surface area contributed by atoms with Gasteiger partial charge in [-0.05, 0) is 54.3 Å². The fraction of sp³-hybridized carbons (Fsp3) is 0.333. The van der Waals surface area contributed by atoms with Gasteiger partial charge in [0.25, 0.3) is 5.91 Å². The summed E-state index contributed by atoms with van der Waals surface area (Å²) in [6, 6.07) is 10.8. The zero-order valence-electron chi connectivity index (χ0n) is 15.5. The number of aryl methyl sites for hydroxylation is 1. The van der Waals surface area contributed by atoms with Gasteiger partial charge in [-0.25, -0.2) is 0 Å². The van der Waals surface area contributed by atoms with Crippen LogP contribution in [0.3, 0.4) is 0 Å². The van der Waals surface area contributed by atoms with Gasteiger partial charge in [0.1, 0.15) is 0 Å². The third-order valence-corrected chi connectivity index (χ3v) is 4.72. The SMILES string of the molecule is CC(C)CN1C(=O)CCc2cc(NC(=O)c3ccc4c(c3)OCO4)ccc21. The highest BCUT2D eigenvalue weighted by Crippen LogP contribution is 2.33. The molecule has 2 amide bonds. The second-order valence-corrected chi connectivity index (χ2v) is 7.26. The van der Waals surface area contributed by atoms with Gasteiger partial charge in [0.05, 0.1) is 0 Å². The van der Waals surface area contributed by atoms with Crippen molar-refractivity contribution in [3.8, 4) is 11.5 Å². The van der Waals surface area contributed by atoms with Gasteiger partial charge in [-0.15, -0.1) is 0 Å². The first kappa shape index (κ1) is 17.4. The van der Waals surface area contributed by atoms with Crippen molar-refractivity contribution in [1.82, 2.24) is 0 Å². The molecule has 6 nitrogen and oxygen atoms in total. The number of benzene rings is 2. The van der Waals surface area contributed by atoms with Gasteiger partial charge in [0.2, 0.25) is 12.7 Å². The van der Waals surface area contributed by atoms with Crippen LogP contribution in [0.5, 0.6) is 11.5 Å². The Morgan fingerprint density at radius 3 is 2.74 bits per heavy atom. The molecule has 0 spiro atoms. The highest BCUT2D eigenvalue weighted by Gasteiger charge is 2.25. The zero-order chi connectivity index (χ0) is 19.0. The molecule has 2 aliphatic rings. The molecule has 0 fully saturated rings. The summed E-state index contributed by atoms with van der Waals surface area (Å²) in [5.74, 6) is 1.57. The zero-order valence-corrected chi connectivity index (χ0v) is 15.5. The topological polar surface area (TPSA) is 67.9 Å². The average molecular weight is 366 g/mol. The molecule has 1 N–H and O–H groups in total. The molecule has 2 aliphatic heterocycles. The van der Waals surface area contributed by atoms with Gasteiger partial charge in [-0.1, -0.05) is 13.8 Å². The van der Waals surface area contributed by atoms with Gasteiger partial charge in [-0.2, -0.15) is 0 Å². The van der Waals surface area contributed by atoms with Crippen molar-refractivity contribution in [3.63, 3.8) is 0 Å². The molecule has 0 atom stereocenters. The van der Waals surface area contributed by atoms with Crippen LogP contribution in [0.25, 0.3) is 0 Å². The van der Waals surface area contributed by atoms with E-state index in [1.165, 1.54) is 0 Å². The minimum atomic E-state index is -0.209. The van der Waals surface area contributed by atoms with E-state index in [0.717, 1.165) is 16.9 Å². The minimum Gasteiger partial charge on any atom is -0.454 e. The highest BCUT2D eigenvalue weighted by molar-refractivity contribution is 6.05. The van der Waals surface area contributed by atoms with E-state index < -0.39 is 0 Å². The third kappa shape index (κ3) is 3.47. The summed E-state index contributed by atoms with van der Waals surface area (Å²) in [4.78, 5) is 26.7. The molecule has 2 aromatic rings. The largest absolute Gasteiger partial charge is 0.454 e. The first-order valence-corrected chi connectivity index (χ1v) is 9.15. The van der Waals surface area contributed by atoms with Crippen LogP contribution < -0.4 is 19.7 Å². The van der Waals surface area contributed by atoms with Crippen molar-refractivity contribution < 1.29 is 19.1 Å². The summed E-state index contributed by atoms with van der Waals surface area (Å²) in [5, 5.41) is 2.93. The van der Waals surface area contributed by atoms with E-state index >= 15 is 0 Å². The van der Waals surface area contributed by atoms with Crippen LogP contribution >= 0.6 is 0 Å². The number of carbonyl (C=O) groups is 2. The Morgan fingerprint density at radius 1 is 1.11 bits per heavy atom. The molecule has 0 bridgehead atoms. The fourth-order valence-corrected chi connectivity index (χ4v) is 3.44. The van der Waals surface area contributed by atoms with Gasteiger partial charge in [0, 0.05) is 29.9 Å². The molecular formula is C21H22N2O4.